The molecule has 0 amide bonds. The van der Waals surface area contributed by atoms with E-state index in [1.807, 2.05) is 12.1 Å². The van der Waals surface area contributed by atoms with Gasteiger partial charge in [-0.3, -0.25) is 15.0 Å². The highest BCUT2D eigenvalue weighted by molar-refractivity contribution is 5.46. The van der Waals surface area contributed by atoms with Crippen LogP contribution >= 0.6 is 0 Å². The van der Waals surface area contributed by atoms with Gasteiger partial charge in [-0.05, 0) is 68.9 Å². The normalized spacial score (nSPS) is 23.5. The van der Waals surface area contributed by atoms with Crippen LogP contribution in [-0.4, -0.2) is 54.1 Å². The second-order valence-electron chi connectivity index (χ2n) is 9.40. The number of nitrogens with zero attached hydrogens (tertiary/aromatic N) is 3. The Morgan fingerprint density at radius 3 is 2.59 bits per heavy atom. The third-order valence-electron chi connectivity index (χ3n) is 7.50. The number of piperidine rings is 1. The third-order valence-corrected chi connectivity index (χ3v) is 7.50. The van der Waals surface area contributed by atoms with Gasteiger partial charge in [0.05, 0.1) is 11.5 Å². The minimum absolute atomic E-state index is 0.160. The predicted molar refractivity (Wildman–Crippen MR) is 125 cm³/mol. The average Bonchev–Trinajstić information content (AvgIpc) is 3.27. The number of likely N-dealkylation sites (tertiary alicyclic amines) is 1. The fourth-order valence-corrected chi connectivity index (χ4v) is 5.88. The van der Waals surface area contributed by atoms with Crippen molar-refractivity contribution in [1.82, 2.24) is 9.80 Å². The van der Waals surface area contributed by atoms with Crippen LogP contribution in [0.3, 0.4) is 0 Å². The number of hydrogen-bond acceptors (Lipinski definition) is 5. The minimum Gasteiger partial charge on any atom is -0.493 e. The average molecular weight is 436 g/mol. The molecule has 2 aromatic rings. The van der Waals surface area contributed by atoms with Crippen LogP contribution in [0.2, 0.25) is 0 Å². The largest absolute Gasteiger partial charge is 0.493 e. The summed E-state index contributed by atoms with van der Waals surface area (Å²) < 4.78 is 6.31. The maximum absolute atomic E-state index is 11.0. The summed E-state index contributed by atoms with van der Waals surface area (Å²) in [6, 6.07) is 14.0. The molecule has 6 nitrogen and oxygen atoms in total. The van der Waals surface area contributed by atoms with Crippen LogP contribution in [0.1, 0.15) is 60.8 Å². The van der Waals surface area contributed by atoms with Crippen molar-refractivity contribution >= 4 is 5.69 Å². The maximum atomic E-state index is 11.0. The number of rotatable bonds is 7. The van der Waals surface area contributed by atoms with Crippen molar-refractivity contribution < 1.29 is 9.66 Å². The van der Waals surface area contributed by atoms with Gasteiger partial charge in [-0.25, -0.2) is 0 Å². The van der Waals surface area contributed by atoms with E-state index in [0.29, 0.717) is 12.0 Å². The predicted octanol–water partition coefficient (Wildman–Crippen LogP) is 4.94. The van der Waals surface area contributed by atoms with E-state index in [1.165, 1.54) is 49.0 Å². The van der Waals surface area contributed by atoms with E-state index in [-0.39, 0.29) is 10.6 Å². The molecule has 2 unspecified atom stereocenters. The lowest BCUT2D eigenvalue weighted by molar-refractivity contribution is -0.384. The van der Waals surface area contributed by atoms with Crippen LogP contribution in [0.4, 0.5) is 5.69 Å². The molecule has 0 saturated carbocycles. The van der Waals surface area contributed by atoms with Crippen molar-refractivity contribution in [3.8, 4) is 5.75 Å². The van der Waals surface area contributed by atoms with Crippen molar-refractivity contribution in [2.24, 2.45) is 0 Å². The lowest BCUT2D eigenvalue weighted by Gasteiger charge is -2.35. The van der Waals surface area contributed by atoms with Crippen LogP contribution < -0.4 is 4.74 Å². The van der Waals surface area contributed by atoms with Crippen molar-refractivity contribution in [2.75, 3.05) is 39.3 Å². The molecule has 170 valence electrons. The lowest BCUT2D eigenvalue weighted by atomic mass is 9.83. The zero-order valence-electron chi connectivity index (χ0n) is 18.7. The Labute approximate surface area is 190 Å². The van der Waals surface area contributed by atoms with E-state index in [2.05, 4.69) is 28.0 Å². The SMILES string of the molecule is O=[N+]([O-])c1ccc(C2CCN3CCc4c(OCCCN5CCCCC5)cccc4C23)cc1. The van der Waals surface area contributed by atoms with Gasteiger partial charge < -0.3 is 9.64 Å². The molecule has 2 aromatic carbocycles. The Kier molecular flexibility index (Phi) is 6.42. The molecule has 0 radical (unpaired) electrons. The molecule has 0 bridgehead atoms. The molecule has 2 atom stereocenters. The van der Waals surface area contributed by atoms with Crippen LogP contribution in [0.15, 0.2) is 42.5 Å². The van der Waals surface area contributed by atoms with Gasteiger partial charge in [0, 0.05) is 42.7 Å². The highest BCUT2D eigenvalue weighted by Gasteiger charge is 2.40. The molecule has 0 aliphatic carbocycles. The van der Waals surface area contributed by atoms with Gasteiger partial charge >= 0.3 is 0 Å². The topological polar surface area (TPSA) is 58.9 Å². The van der Waals surface area contributed by atoms with Gasteiger partial charge in [0.2, 0.25) is 0 Å². The van der Waals surface area contributed by atoms with Crippen LogP contribution in [0, 0.1) is 10.1 Å². The van der Waals surface area contributed by atoms with E-state index in [4.69, 9.17) is 4.74 Å². The van der Waals surface area contributed by atoms with Crippen LogP contribution in [0.5, 0.6) is 5.75 Å². The second kappa shape index (κ2) is 9.59. The fraction of sp³-hybridized carbons (Fsp3) is 0.538. The van der Waals surface area contributed by atoms with Crippen molar-refractivity contribution in [2.45, 2.75) is 50.5 Å². The lowest BCUT2D eigenvalue weighted by Crippen LogP contribution is -2.33. The first kappa shape index (κ1) is 21.4. The third kappa shape index (κ3) is 4.39. The zero-order chi connectivity index (χ0) is 21.9. The first-order chi connectivity index (χ1) is 15.7. The molecule has 6 heteroatoms. The zero-order valence-corrected chi connectivity index (χ0v) is 18.7. The summed E-state index contributed by atoms with van der Waals surface area (Å²) in [5.74, 6) is 1.42. The maximum Gasteiger partial charge on any atom is 0.269 e. The number of ether oxygens (including phenoxy) is 1. The highest BCUT2D eigenvalue weighted by Crippen LogP contribution is 2.48. The quantitative estimate of drug-likeness (QED) is 0.350. The molecule has 3 aliphatic rings. The summed E-state index contributed by atoms with van der Waals surface area (Å²) in [7, 11) is 0. The summed E-state index contributed by atoms with van der Waals surface area (Å²) in [4.78, 5) is 15.9. The number of fused-ring (bicyclic) bond motifs is 3. The smallest absolute Gasteiger partial charge is 0.269 e. The fourth-order valence-electron chi connectivity index (χ4n) is 5.88. The molecule has 3 heterocycles. The molecule has 0 N–H and O–H groups in total. The summed E-state index contributed by atoms with van der Waals surface area (Å²) in [5.41, 5.74) is 4.10. The Hall–Kier alpha value is -2.44. The second-order valence-corrected chi connectivity index (χ2v) is 9.40. The number of benzene rings is 2. The minimum atomic E-state index is -0.324. The van der Waals surface area contributed by atoms with Gasteiger partial charge in [0.15, 0.2) is 0 Å². The Balaban J connectivity index is 1.29. The Morgan fingerprint density at radius 2 is 1.81 bits per heavy atom. The van der Waals surface area contributed by atoms with E-state index < -0.39 is 0 Å². The van der Waals surface area contributed by atoms with E-state index in [9.17, 15) is 10.1 Å². The molecule has 0 aromatic heterocycles. The summed E-state index contributed by atoms with van der Waals surface area (Å²) in [6.45, 7) is 6.51. The van der Waals surface area contributed by atoms with Crippen molar-refractivity contribution in [1.29, 1.82) is 0 Å². The number of hydrogen-bond donors (Lipinski definition) is 0. The number of non-ortho nitro benzene ring substituents is 1. The van der Waals surface area contributed by atoms with Crippen molar-refractivity contribution in [3.05, 3.63) is 69.3 Å². The van der Waals surface area contributed by atoms with Gasteiger partial charge in [0.25, 0.3) is 5.69 Å². The molecule has 0 spiro atoms. The molecule has 5 rings (SSSR count). The summed E-state index contributed by atoms with van der Waals surface area (Å²) >= 11 is 0. The molecule has 32 heavy (non-hydrogen) atoms. The molecule has 3 aliphatic heterocycles. The monoisotopic (exact) mass is 435 g/mol. The molecular weight excluding hydrogens is 402 g/mol. The first-order valence-electron chi connectivity index (χ1n) is 12.2. The molecule has 2 saturated heterocycles. The summed E-state index contributed by atoms with van der Waals surface area (Å²) in [6.07, 6.45) is 7.23. The van der Waals surface area contributed by atoms with Crippen molar-refractivity contribution in [3.63, 3.8) is 0 Å². The number of nitro benzene ring substituents is 1. The van der Waals surface area contributed by atoms with Crippen LogP contribution in [0.25, 0.3) is 0 Å². The Morgan fingerprint density at radius 1 is 1.00 bits per heavy atom. The van der Waals surface area contributed by atoms with Gasteiger partial charge in [0.1, 0.15) is 5.75 Å². The number of nitro groups is 1. The first-order valence-corrected chi connectivity index (χ1v) is 12.2. The summed E-state index contributed by atoms with van der Waals surface area (Å²) in [5, 5.41) is 11.0. The van der Waals surface area contributed by atoms with Gasteiger partial charge in [-0.2, -0.15) is 0 Å². The van der Waals surface area contributed by atoms with E-state index >= 15 is 0 Å². The van der Waals surface area contributed by atoms with E-state index in [1.54, 1.807) is 12.1 Å². The molecule has 2 fully saturated rings. The highest BCUT2D eigenvalue weighted by atomic mass is 16.6. The Bertz CT molecular complexity index is 940. The molecular formula is C26H33N3O3. The van der Waals surface area contributed by atoms with Gasteiger partial charge in [-0.15, -0.1) is 0 Å². The van der Waals surface area contributed by atoms with E-state index in [0.717, 1.165) is 51.3 Å². The van der Waals surface area contributed by atoms with Gasteiger partial charge in [-0.1, -0.05) is 30.7 Å². The standard InChI is InChI=1S/C26H33N3O3/c30-29(31)21-10-8-20(9-11-21)22-12-17-28-18-13-23-24(26(22)28)6-4-7-25(23)32-19-5-16-27-14-2-1-3-15-27/h4,6-11,22,26H,1-3,5,12-19H2. The van der Waals surface area contributed by atoms with Crippen LogP contribution in [-0.2, 0) is 6.42 Å².